The quantitative estimate of drug-likeness (QED) is 0.657. The Morgan fingerprint density at radius 1 is 1.13 bits per heavy atom. The number of carbonyl (C=O) groups is 1. The maximum absolute atomic E-state index is 13.9. The van der Waals surface area contributed by atoms with E-state index in [1.165, 1.54) is 5.56 Å². The average molecular weight is 422 g/mol. The van der Waals surface area contributed by atoms with Crippen LogP contribution in [0.2, 0.25) is 5.02 Å². The number of rotatable bonds is 5. The topological polar surface area (TPSA) is 58.4 Å². The highest BCUT2D eigenvalue weighted by Crippen LogP contribution is 2.45. The van der Waals surface area contributed by atoms with Gasteiger partial charge in [-0.25, -0.2) is 0 Å². The van der Waals surface area contributed by atoms with Crippen LogP contribution in [0.1, 0.15) is 40.4 Å². The molecule has 0 spiro atoms. The van der Waals surface area contributed by atoms with Crippen molar-refractivity contribution in [2.75, 3.05) is 19.6 Å². The average Bonchev–Trinajstić information content (AvgIpc) is 3.53. The third-order valence-electron chi connectivity index (χ3n) is 5.93. The van der Waals surface area contributed by atoms with E-state index in [9.17, 15) is 4.79 Å². The van der Waals surface area contributed by atoms with Crippen molar-refractivity contribution in [3.8, 4) is 11.3 Å². The van der Waals surface area contributed by atoms with Gasteiger partial charge in [-0.3, -0.25) is 4.79 Å². The van der Waals surface area contributed by atoms with Gasteiger partial charge in [-0.2, -0.15) is 0 Å². The summed E-state index contributed by atoms with van der Waals surface area (Å²) < 4.78 is 5.72. The molecule has 2 fully saturated rings. The number of carbonyl (C=O) groups excluding carboxylic acids is 1. The molecule has 1 saturated heterocycles. The lowest BCUT2D eigenvalue weighted by Crippen LogP contribution is -2.54. The van der Waals surface area contributed by atoms with E-state index in [2.05, 4.69) is 22.6 Å². The van der Waals surface area contributed by atoms with Gasteiger partial charge in [0.05, 0.1) is 5.02 Å². The monoisotopic (exact) mass is 421 g/mol. The van der Waals surface area contributed by atoms with E-state index in [4.69, 9.17) is 16.1 Å². The molecule has 1 aromatic heterocycles. The molecule has 1 saturated carbocycles. The number of hydrogen-bond acceptors (Lipinski definition) is 4. The van der Waals surface area contributed by atoms with Crippen LogP contribution in [0.15, 0.2) is 59.1 Å². The second kappa shape index (κ2) is 8.25. The molecule has 0 bridgehead atoms. The van der Waals surface area contributed by atoms with Gasteiger partial charge in [-0.15, -0.1) is 0 Å². The summed E-state index contributed by atoms with van der Waals surface area (Å²) in [6, 6.07) is 17.9. The van der Waals surface area contributed by atoms with Crippen molar-refractivity contribution in [3.05, 3.63) is 76.5 Å². The predicted molar refractivity (Wildman–Crippen MR) is 117 cm³/mol. The minimum absolute atomic E-state index is 0.00417. The SMILES string of the molecule is O=C(c1c(-c2ccccc2Cl)noc1C1CC1)N1CCNCC1Cc1ccccc1. The maximum Gasteiger partial charge on any atom is 0.260 e. The fourth-order valence-electron chi connectivity index (χ4n) is 4.21. The summed E-state index contributed by atoms with van der Waals surface area (Å²) in [5.74, 6) is 0.991. The molecule has 5 nitrogen and oxygen atoms in total. The molecule has 30 heavy (non-hydrogen) atoms. The van der Waals surface area contributed by atoms with Crippen LogP contribution in [0.25, 0.3) is 11.3 Å². The number of benzene rings is 2. The normalized spacial score (nSPS) is 19.1. The van der Waals surface area contributed by atoms with Crippen molar-refractivity contribution in [3.63, 3.8) is 0 Å². The number of hydrogen-bond donors (Lipinski definition) is 1. The van der Waals surface area contributed by atoms with Gasteiger partial charge < -0.3 is 14.7 Å². The zero-order valence-corrected chi connectivity index (χ0v) is 17.4. The second-order valence-electron chi connectivity index (χ2n) is 8.07. The van der Waals surface area contributed by atoms with E-state index in [0.717, 1.165) is 37.9 Å². The van der Waals surface area contributed by atoms with E-state index in [0.29, 0.717) is 28.6 Å². The summed E-state index contributed by atoms with van der Waals surface area (Å²) in [6.45, 7) is 2.21. The molecule has 1 aliphatic carbocycles. The van der Waals surface area contributed by atoms with Crippen molar-refractivity contribution >= 4 is 17.5 Å². The molecule has 6 heteroatoms. The molecule has 2 aliphatic rings. The number of amides is 1. The molecule has 1 atom stereocenters. The molecule has 5 rings (SSSR count). The van der Waals surface area contributed by atoms with Crippen molar-refractivity contribution in [2.45, 2.75) is 31.2 Å². The molecule has 1 N–H and O–H groups in total. The van der Waals surface area contributed by atoms with Gasteiger partial charge in [0.15, 0.2) is 5.76 Å². The smallest absolute Gasteiger partial charge is 0.260 e. The van der Waals surface area contributed by atoms with Crippen molar-refractivity contribution in [1.82, 2.24) is 15.4 Å². The van der Waals surface area contributed by atoms with Crippen molar-refractivity contribution in [2.24, 2.45) is 0 Å². The fourth-order valence-corrected chi connectivity index (χ4v) is 4.44. The highest BCUT2D eigenvalue weighted by molar-refractivity contribution is 6.33. The summed E-state index contributed by atoms with van der Waals surface area (Å²) in [6.07, 6.45) is 2.88. The van der Waals surface area contributed by atoms with Gasteiger partial charge in [0.2, 0.25) is 0 Å². The summed E-state index contributed by atoms with van der Waals surface area (Å²) in [5, 5.41) is 8.32. The van der Waals surface area contributed by atoms with Crippen molar-refractivity contribution < 1.29 is 9.32 Å². The van der Waals surface area contributed by atoms with Gasteiger partial charge in [-0.1, -0.05) is 65.3 Å². The first-order valence-electron chi connectivity index (χ1n) is 10.5. The van der Waals surface area contributed by atoms with E-state index >= 15 is 0 Å². The number of aromatic nitrogens is 1. The Morgan fingerprint density at radius 2 is 1.90 bits per heavy atom. The molecule has 154 valence electrons. The molecular weight excluding hydrogens is 398 g/mol. The molecule has 2 aromatic carbocycles. The Labute approximate surface area is 181 Å². The van der Waals surface area contributed by atoms with Crippen LogP contribution >= 0.6 is 11.6 Å². The van der Waals surface area contributed by atoms with Crippen LogP contribution in [-0.4, -0.2) is 41.6 Å². The Balaban J connectivity index is 1.51. The van der Waals surface area contributed by atoms with Gasteiger partial charge in [-0.05, 0) is 30.9 Å². The summed E-state index contributed by atoms with van der Waals surface area (Å²) in [4.78, 5) is 15.9. The predicted octanol–water partition coefficient (Wildman–Crippen LogP) is 4.53. The second-order valence-corrected chi connectivity index (χ2v) is 8.48. The van der Waals surface area contributed by atoms with Crippen molar-refractivity contribution in [1.29, 1.82) is 0 Å². The number of nitrogens with zero attached hydrogens (tertiary/aromatic N) is 2. The summed E-state index contributed by atoms with van der Waals surface area (Å²) >= 11 is 6.45. The Morgan fingerprint density at radius 3 is 2.67 bits per heavy atom. The minimum atomic E-state index is -0.00417. The van der Waals surface area contributed by atoms with Gasteiger partial charge in [0, 0.05) is 37.2 Å². The first-order chi connectivity index (χ1) is 14.7. The Bertz CT molecular complexity index is 1050. The minimum Gasteiger partial charge on any atom is -0.360 e. The Kier molecular flexibility index (Phi) is 5.32. The first-order valence-corrected chi connectivity index (χ1v) is 10.9. The molecule has 2 heterocycles. The van der Waals surface area contributed by atoms with Gasteiger partial charge in [0.25, 0.3) is 5.91 Å². The molecule has 3 aromatic rings. The van der Waals surface area contributed by atoms with Crippen LogP contribution in [-0.2, 0) is 6.42 Å². The molecule has 0 radical (unpaired) electrons. The zero-order valence-electron chi connectivity index (χ0n) is 16.7. The highest BCUT2D eigenvalue weighted by Gasteiger charge is 2.39. The fraction of sp³-hybridized carbons (Fsp3) is 0.333. The van der Waals surface area contributed by atoms with Crippen LogP contribution < -0.4 is 5.32 Å². The van der Waals surface area contributed by atoms with Gasteiger partial charge >= 0.3 is 0 Å². The van der Waals surface area contributed by atoms with Gasteiger partial charge in [0.1, 0.15) is 11.3 Å². The van der Waals surface area contributed by atoms with E-state index in [1.807, 2.05) is 47.4 Å². The largest absolute Gasteiger partial charge is 0.360 e. The van der Waals surface area contributed by atoms with Crippen LogP contribution in [0, 0.1) is 0 Å². The van der Waals surface area contributed by atoms with Crippen LogP contribution in [0.4, 0.5) is 0 Å². The van der Waals surface area contributed by atoms with Crippen LogP contribution in [0.3, 0.4) is 0 Å². The summed E-state index contributed by atoms with van der Waals surface area (Å²) in [5.41, 5.74) is 3.12. The maximum atomic E-state index is 13.9. The highest BCUT2D eigenvalue weighted by atomic mass is 35.5. The van der Waals surface area contributed by atoms with E-state index in [-0.39, 0.29) is 17.9 Å². The first kappa shape index (κ1) is 19.3. The van der Waals surface area contributed by atoms with E-state index in [1.54, 1.807) is 0 Å². The lowest BCUT2D eigenvalue weighted by Gasteiger charge is -2.36. The third kappa shape index (κ3) is 3.75. The molecule has 1 unspecified atom stereocenters. The number of nitrogens with one attached hydrogen (secondary N) is 1. The number of piperazine rings is 1. The Hall–Kier alpha value is -2.63. The number of halogens is 1. The lowest BCUT2D eigenvalue weighted by molar-refractivity contribution is 0.0634. The summed E-state index contributed by atoms with van der Waals surface area (Å²) in [7, 11) is 0. The zero-order chi connectivity index (χ0) is 20.5. The van der Waals surface area contributed by atoms with Crippen LogP contribution in [0.5, 0.6) is 0 Å². The standard InChI is InChI=1S/C24H24ClN3O2/c25-20-9-5-4-8-19(20)22-21(23(30-27-22)17-10-11-17)24(29)28-13-12-26-15-18(28)14-16-6-2-1-3-7-16/h1-9,17-18,26H,10-15H2. The lowest BCUT2D eigenvalue weighted by atomic mass is 9.99. The van der Waals surface area contributed by atoms with E-state index < -0.39 is 0 Å². The molecule has 1 amide bonds. The third-order valence-corrected chi connectivity index (χ3v) is 6.26. The molecule has 1 aliphatic heterocycles. The molecular formula is C24H24ClN3O2.